The number of fused-ring (bicyclic) bond motifs is 1. The highest BCUT2D eigenvalue weighted by atomic mass is 32.1. The SMILES string of the molecule is CN(C)[C@H]1CC[C@H](Nc2ncnc3sccc23)CC1. The minimum Gasteiger partial charge on any atom is -0.367 e. The fourth-order valence-electron chi connectivity index (χ4n) is 2.83. The quantitative estimate of drug-likeness (QED) is 0.935. The number of hydrogen-bond donors (Lipinski definition) is 1. The van der Waals surface area contributed by atoms with E-state index in [4.69, 9.17) is 0 Å². The summed E-state index contributed by atoms with van der Waals surface area (Å²) in [6, 6.07) is 3.40. The highest BCUT2D eigenvalue weighted by molar-refractivity contribution is 7.16. The summed E-state index contributed by atoms with van der Waals surface area (Å²) in [6.07, 6.45) is 6.63. The standard InChI is InChI=1S/C14H20N4S/c1-18(2)11-5-3-10(4-6-11)17-13-12-7-8-19-14(12)16-9-15-13/h7-11H,3-6H2,1-2H3,(H,15,16,17)/t10-,11-. The lowest BCUT2D eigenvalue weighted by atomic mass is 9.90. The number of nitrogens with zero attached hydrogens (tertiary/aromatic N) is 3. The lowest BCUT2D eigenvalue weighted by Gasteiger charge is -2.33. The lowest BCUT2D eigenvalue weighted by molar-refractivity contribution is 0.221. The molecule has 0 amide bonds. The van der Waals surface area contributed by atoms with Crippen molar-refractivity contribution in [3.05, 3.63) is 17.8 Å². The molecule has 1 aliphatic rings. The smallest absolute Gasteiger partial charge is 0.138 e. The molecule has 0 atom stereocenters. The van der Waals surface area contributed by atoms with Gasteiger partial charge in [-0.2, -0.15) is 0 Å². The molecule has 0 aliphatic heterocycles. The summed E-state index contributed by atoms with van der Waals surface area (Å²) in [5.41, 5.74) is 0. The van der Waals surface area contributed by atoms with Gasteiger partial charge in [-0.25, -0.2) is 9.97 Å². The molecular formula is C14H20N4S. The van der Waals surface area contributed by atoms with Crippen LogP contribution in [-0.4, -0.2) is 41.0 Å². The van der Waals surface area contributed by atoms with Crippen molar-refractivity contribution >= 4 is 27.4 Å². The summed E-state index contributed by atoms with van der Waals surface area (Å²) in [6.45, 7) is 0. The Morgan fingerprint density at radius 3 is 2.74 bits per heavy atom. The van der Waals surface area contributed by atoms with Gasteiger partial charge in [-0.05, 0) is 51.2 Å². The first kappa shape index (κ1) is 12.8. The van der Waals surface area contributed by atoms with E-state index in [0.717, 1.165) is 22.1 Å². The first-order chi connectivity index (χ1) is 9.24. The Kier molecular flexibility index (Phi) is 3.66. The molecule has 2 aromatic rings. The summed E-state index contributed by atoms with van der Waals surface area (Å²) in [5, 5.41) is 6.84. The zero-order chi connectivity index (χ0) is 13.2. The molecule has 2 aromatic heterocycles. The fraction of sp³-hybridized carbons (Fsp3) is 0.571. The average molecular weight is 276 g/mol. The van der Waals surface area contributed by atoms with Crippen LogP contribution in [0.25, 0.3) is 10.2 Å². The Balaban J connectivity index is 1.68. The van der Waals surface area contributed by atoms with Gasteiger partial charge in [0.25, 0.3) is 0 Å². The van der Waals surface area contributed by atoms with Crippen LogP contribution in [0.15, 0.2) is 17.8 Å². The second-order valence-electron chi connectivity index (χ2n) is 5.48. The highest BCUT2D eigenvalue weighted by Crippen LogP contribution is 2.28. The Morgan fingerprint density at radius 2 is 2.00 bits per heavy atom. The van der Waals surface area contributed by atoms with E-state index in [1.54, 1.807) is 17.7 Å². The van der Waals surface area contributed by atoms with Gasteiger partial charge in [0.2, 0.25) is 0 Å². The third kappa shape index (κ3) is 2.72. The number of anilines is 1. The summed E-state index contributed by atoms with van der Waals surface area (Å²) in [5.74, 6) is 1.000. The zero-order valence-electron chi connectivity index (χ0n) is 11.5. The Labute approximate surface area is 117 Å². The second kappa shape index (κ2) is 5.43. The van der Waals surface area contributed by atoms with Crippen molar-refractivity contribution in [2.75, 3.05) is 19.4 Å². The van der Waals surface area contributed by atoms with E-state index in [0.29, 0.717) is 6.04 Å². The van der Waals surface area contributed by atoms with Crippen LogP contribution in [0.4, 0.5) is 5.82 Å². The summed E-state index contributed by atoms with van der Waals surface area (Å²) in [7, 11) is 4.36. The van der Waals surface area contributed by atoms with Crippen LogP contribution in [0.1, 0.15) is 25.7 Å². The number of aromatic nitrogens is 2. The van der Waals surface area contributed by atoms with Crippen LogP contribution in [-0.2, 0) is 0 Å². The molecule has 3 rings (SSSR count). The minimum absolute atomic E-state index is 0.550. The van der Waals surface area contributed by atoms with Crippen LogP contribution in [0, 0.1) is 0 Å². The molecule has 0 saturated heterocycles. The maximum absolute atomic E-state index is 4.40. The van der Waals surface area contributed by atoms with Crippen LogP contribution in [0.5, 0.6) is 0 Å². The van der Waals surface area contributed by atoms with E-state index in [2.05, 4.69) is 45.7 Å². The van der Waals surface area contributed by atoms with Gasteiger partial charge < -0.3 is 10.2 Å². The molecule has 0 unspecified atom stereocenters. The molecule has 5 heteroatoms. The molecule has 0 bridgehead atoms. The van der Waals surface area contributed by atoms with Gasteiger partial charge in [-0.3, -0.25) is 0 Å². The van der Waals surface area contributed by atoms with Crippen molar-refractivity contribution in [3.63, 3.8) is 0 Å². The topological polar surface area (TPSA) is 41.0 Å². The van der Waals surface area contributed by atoms with Gasteiger partial charge in [0.15, 0.2) is 0 Å². The molecule has 1 N–H and O–H groups in total. The van der Waals surface area contributed by atoms with E-state index < -0.39 is 0 Å². The number of hydrogen-bond acceptors (Lipinski definition) is 5. The Bertz CT molecular complexity index is 543. The van der Waals surface area contributed by atoms with E-state index in [1.807, 2.05) is 0 Å². The zero-order valence-corrected chi connectivity index (χ0v) is 12.3. The van der Waals surface area contributed by atoms with Crippen molar-refractivity contribution in [2.24, 2.45) is 0 Å². The maximum Gasteiger partial charge on any atom is 0.138 e. The Morgan fingerprint density at radius 1 is 1.21 bits per heavy atom. The van der Waals surface area contributed by atoms with Crippen LogP contribution >= 0.6 is 11.3 Å². The van der Waals surface area contributed by atoms with Crippen LogP contribution in [0.3, 0.4) is 0 Å². The number of thiophene rings is 1. The summed E-state index contributed by atoms with van der Waals surface area (Å²) < 4.78 is 0. The molecule has 0 spiro atoms. The van der Waals surface area contributed by atoms with Crippen LogP contribution in [0.2, 0.25) is 0 Å². The summed E-state index contributed by atoms with van der Waals surface area (Å²) >= 11 is 1.67. The number of rotatable bonds is 3. The predicted molar refractivity (Wildman–Crippen MR) is 80.8 cm³/mol. The minimum atomic E-state index is 0.550. The molecule has 19 heavy (non-hydrogen) atoms. The molecule has 0 aromatic carbocycles. The molecule has 4 nitrogen and oxygen atoms in total. The van der Waals surface area contributed by atoms with E-state index >= 15 is 0 Å². The van der Waals surface area contributed by atoms with Gasteiger partial charge in [0, 0.05) is 12.1 Å². The largest absolute Gasteiger partial charge is 0.367 e. The first-order valence-electron chi connectivity index (χ1n) is 6.85. The predicted octanol–water partition coefficient (Wildman–Crippen LogP) is 2.98. The van der Waals surface area contributed by atoms with Crippen molar-refractivity contribution < 1.29 is 0 Å². The van der Waals surface area contributed by atoms with Gasteiger partial charge in [0.05, 0.1) is 5.39 Å². The van der Waals surface area contributed by atoms with E-state index in [1.165, 1.54) is 25.7 Å². The van der Waals surface area contributed by atoms with Crippen LogP contribution < -0.4 is 5.32 Å². The Hall–Kier alpha value is -1.20. The molecule has 1 fully saturated rings. The summed E-state index contributed by atoms with van der Waals surface area (Å²) in [4.78, 5) is 12.1. The molecule has 1 saturated carbocycles. The molecule has 102 valence electrons. The van der Waals surface area contributed by atoms with Gasteiger partial charge in [0.1, 0.15) is 17.0 Å². The fourth-order valence-corrected chi connectivity index (χ4v) is 3.57. The van der Waals surface area contributed by atoms with Crippen molar-refractivity contribution in [1.29, 1.82) is 0 Å². The number of nitrogens with one attached hydrogen (secondary N) is 1. The normalized spacial score (nSPS) is 23.9. The average Bonchev–Trinajstić information content (AvgIpc) is 2.89. The molecular weight excluding hydrogens is 256 g/mol. The van der Waals surface area contributed by atoms with Gasteiger partial charge in [-0.1, -0.05) is 0 Å². The van der Waals surface area contributed by atoms with Crippen molar-refractivity contribution in [1.82, 2.24) is 14.9 Å². The monoisotopic (exact) mass is 276 g/mol. The molecule has 0 radical (unpaired) electrons. The highest BCUT2D eigenvalue weighted by Gasteiger charge is 2.22. The second-order valence-corrected chi connectivity index (χ2v) is 6.37. The lowest BCUT2D eigenvalue weighted by Crippen LogP contribution is -2.36. The van der Waals surface area contributed by atoms with Crippen molar-refractivity contribution in [2.45, 2.75) is 37.8 Å². The van der Waals surface area contributed by atoms with E-state index in [-0.39, 0.29) is 0 Å². The third-order valence-corrected chi connectivity index (χ3v) is 4.85. The first-order valence-corrected chi connectivity index (χ1v) is 7.73. The molecule has 2 heterocycles. The van der Waals surface area contributed by atoms with Gasteiger partial charge >= 0.3 is 0 Å². The molecule has 1 aliphatic carbocycles. The third-order valence-electron chi connectivity index (χ3n) is 4.03. The van der Waals surface area contributed by atoms with Crippen molar-refractivity contribution in [3.8, 4) is 0 Å². The van der Waals surface area contributed by atoms with Gasteiger partial charge in [-0.15, -0.1) is 11.3 Å². The maximum atomic E-state index is 4.40. The van der Waals surface area contributed by atoms with E-state index in [9.17, 15) is 0 Å².